The molecule has 0 aliphatic carbocycles. The molecule has 3 rings (SSSR count). The van der Waals surface area contributed by atoms with Gasteiger partial charge in [-0.15, -0.1) is 0 Å². The number of rotatable bonds is 3. The quantitative estimate of drug-likeness (QED) is 0.562. The van der Waals surface area contributed by atoms with Crippen molar-refractivity contribution in [2.75, 3.05) is 6.54 Å². The van der Waals surface area contributed by atoms with Gasteiger partial charge in [0.05, 0.1) is 12.1 Å². The molecule has 3 atom stereocenters. The smallest absolute Gasteiger partial charge is 0.129 e. The molecule has 1 aliphatic rings. The van der Waals surface area contributed by atoms with Gasteiger partial charge in [0.25, 0.3) is 0 Å². The van der Waals surface area contributed by atoms with Crippen molar-refractivity contribution in [2.45, 2.75) is 38.6 Å². The molecule has 0 bridgehead atoms. The number of benzene rings is 2. The molecule has 2 aromatic rings. The van der Waals surface area contributed by atoms with Gasteiger partial charge in [-0.05, 0) is 47.6 Å². The maximum atomic E-state index is 15.1. The van der Waals surface area contributed by atoms with E-state index >= 15 is 4.39 Å². The van der Waals surface area contributed by atoms with Crippen LogP contribution in [0.3, 0.4) is 0 Å². The minimum Gasteiger partial charge on any atom is -0.308 e. The minimum absolute atomic E-state index is 0.0317. The third kappa shape index (κ3) is 3.89. The molecule has 3 unspecified atom stereocenters. The first-order valence-corrected chi connectivity index (χ1v) is 10.3. The van der Waals surface area contributed by atoms with E-state index in [0.29, 0.717) is 27.2 Å². The van der Waals surface area contributed by atoms with E-state index in [9.17, 15) is 5.26 Å². The summed E-state index contributed by atoms with van der Waals surface area (Å²) >= 11 is 18.5. The first kappa shape index (κ1) is 21.4. The normalized spacial score (nSPS) is 24.9. The Morgan fingerprint density at radius 1 is 1.14 bits per heavy atom. The zero-order valence-corrected chi connectivity index (χ0v) is 18.3. The van der Waals surface area contributed by atoms with E-state index in [4.69, 9.17) is 34.8 Å². The number of hydrogen-bond donors (Lipinski definition) is 1. The Labute approximate surface area is 180 Å². The fourth-order valence-electron chi connectivity index (χ4n) is 4.30. The van der Waals surface area contributed by atoms with Gasteiger partial charge in [-0.3, -0.25) is 0 Å². The molecular formula is C22H22Cl3FN2. The van der Waals surface area contributed by atoms with Crippen molar-refractivity contribution in [1.82, 2.24) is 5.32 Å². The summed E-state index contributed by atoms with van der Waals surface area (Å²) in [6.45, 7) is 6.94. The molecule has 6 heteroatoms. The molecule has 1 fully saturated rings. The highest BCUT2D eigenvalue weighted by molar-refractivity contribution is 6.35. The summed E-state index contributed by atoms with van der Waals surface area (Å²) in [5, 5.41) is 15.2. The average Bonchev–Trinajstić information content (AvgIpc) is 2.92. The van der Waals surface area contributed by atoms with Crippen molar-refractivity contribution in [3.8, 4) is 6.07 Å². The van der Waals surface area contributed by atoms with Crippen LogP contribution in [0.2, 0.25) is 15.1 Å². The molecule has 0 aromatic heterocycles. The molecule has 2 nitrogen and oxygen atoms in total. The third-order valence-electron chi connectivity index (χ3n) is 5.36. The van der Waals surface area contributed by atoms with Crippen LogP contribution in [-0.2, 0) is 5.41 Å². The first-order valence-electron chi connectivity index (χ1n) is 9.13. The Kier molecular flexibility index (Phi) is 5.99. The monoisotopic (exact) mass is 438 g/mol. The highest BCUT2D eigenvalue weighted by atomic mass is 35.5. The van der Waals surface area contributed by atoms with Crippen LogP contribution in [-0.4, -0.2) is 6.54 Å². The van der Waals surface area contributed by atoms with Gasteiger partial charge in [0.15, 0.2) is 0 Å². The maximum absolute atomic E-state index is 15.1. The van der Waals surface area contributed by atoms with Crippen LogP contribution in [0.15, 0.2) is 36.4 Å². The lowest BCUT2D eigenvalue weighted by molar-refractivity contribution is 0.247. The summed E-state index contributed by atoms with van der Waals surface area (Å²) in [6, 6.07) is 11.7. The number of halogens is 4. The molecule has 1 aliphatic heterocycles. The first-order chi connectivity index (χ1) is 13.1. The number of nitrogens with one attached hydrogen (secondary N) is 1. The second-order valence-corrected chi connectivity index (χ2v) is 9.85. The predicted molar refractivity (Wildman–Crippen MR) is 113 cm³/mol. The van der Waals surface area contributed by atoms with Crippen molar-refractivity contribution in [2.24, 2.45) is 11.3 Å². The zero-order valence-electron chi connectivity index (χ0n) is 16.0. The molecule has 0 spiro atoms. The summed E-state index contributed by atoms with van der Waals surface area (Å²) in [7, 11) is 0. The van der Waals surface area contributed by atoms with Crippen LogP contribution < -0.4 is 5.32 Å². The van der Waals surface area contributed by atoms with Gasteiger partial charge < -0.3 is 5.32 Å². The van der Waals surface area contributed by atoms with Crippen molar-refractivity contribution in [3.63, 3.8) is 0 Å². The van der Waals surface area contributed by atoms with Gasteiger partial charge in [-0.2, -0.15) is 5.26 Å². The van der Waals surface area contributed by atoms with Crippen LogP contribution in [0.25, 0.3) is 0 Å². The Hall–Kier alpha value is -1.31. The second kappa shape index (κ2) is 7.84. The zero-order chi connectivity index (χ0) is 20.7. The Balaban J connectivity index is 2.23. The molecule has 0 saturated carbocycles. The van der Waals surface area contributed by atoms with Crippen LogP contribution >= 0.6 is 34.8 Å². The van der Waals surface area contributed by atoms with Crippen molar-refractivity contribution < 1.29 is 4.39 Å². The molecule has 1 saturated heterocycles. The largest absolute Gasteiger partial charge is 0.308 e. The van der Waals surface area contributed by atoms with Gasteiger partial charge in [-0.25, -0.2) is 4.39 Å². The van der Waals surface area contributed by atoms with E-state index < -0.39 is 17.3 Å². The number of nitrogens with zero attached hydrogens (tertiary/aromatic N) is 1. The minimum atomic E-state index is -1.13. The van der Waals surface area contributed by atoms with E-state index in [0.717, 1.165) is 12.0 Å². The lowest BCUT2D eigenvalue weighted by Gasteiger charge is -2.37. The summed E-state index contributed by atoms with van der Waals surface area (Å²) in [4.78, 5) is 0. The van der Waals surface area contributed by atoms with Gasteiger partial charge >= 0.3 is 0 Å². The van der Waals surface area contributed by atoms with Gasteiger partial charge in [0, 0.05) is 27.2 Å². The fourth-order valence-corrected chi connectivity index (χ4v) is 4.97. The topological polar surface area (TPSA) is 35.8 Å². The standard InChI is InChI=1S/C22H22Cl3FN2/c1-21(2,3)10-13-11-28-20(16-6-4-14(23)8-18(16)25)22(13,12-27)17-7-5-15(24)9-19(17)26/h4-9,13,20,28H,10-11H2,1-3H3. The summed E-state index contributed by atoms with van der Waals surface area (Å²) < 4.78 is 15.1. The van der Waals surface area contributed by atoms with Crippen molar-refractivity contribution in [1.29, 1.82) is 5.26 Å². The van der Waals surface area contributed by atoms with Crippen molar-refractivity contribution in [3.05, 3.63) is 68.4 Å². The Morgan fingerprint density at radius 2 is 1.79 bits per heavy atom. The molecule has 148 valence electrons. The van der Waals surface area contributed by atoms with Crippen molar-refractivity contribution >= 4 is 34.8 Å². The summed E-state index contributed by atoms with van der Waals surface area (Å²) in [5.74, 6) is -0.586. The highest BCUT2D eigenvalue weighted by Gasteiger charge is 2.55. The van der Waals surface area contributed by atoms with Crippen LogP contribution in [0.5, 0.6) is 0 Å². The summed E-state index contributed by atoms with van der Waals surface area (Å²) in [5.41, 5.74) is -0.0804. The van der Waals surface area contributed by atoms with E-state index in [1.807, 2.05) is 6.07 Å². The molecular weight excluding hydrogens is 418 g/mol. The lowest BCUT2D eigenvalue weighted by Crippen LogP contribution is -2.39. The fraction of sp³-hybridized carbons (Fsp3) is 0.409. The Bertz CT molecular complexity index is 932. The van der Waals surface area contributed by atoms with E-state index in [-0.39, 0.29) is 11.3 Å². The second-order valence-electron chi connectivity index (χ2n) is 8.57. The molecule has 0 amide bonds. The lowest BCUT2D eigenvalue weighted by atomic mass is 9.63. The highest BCUT2D eigenvalue weighted by Crippen LogP contribution is 2.52. The number of nitriles is 1. The van der Waals surface area contributed by atoms with Gasteiger partial charge in [-0.1, -0.05) is 67.7 Å². The van der Waals surface area contributed by atoms with E-state index in [1.54, 1.807) is 24.3 Å². The van der Waals surface area contributed by atoms with Crippen LogP contribution in [0, 0.1) is 28.5 Å². The average molecular weight is 440 g/mol. The van der Waals surface area contributed by atoms with Crippen LogP contribution in [0.4, 0.5) is 4.39 Å². The molecule has 0 radical (unpaired) electrons. The molecule has 1 heterocycles. The third-order valence-corrected chi connectivity index (χ3v) is 6.16. The van der Waals surface area contributed by atoms with E-state index in [1.165, 1.54) is 6.07 Å². The molecule has 28 heavy (non-hydrogen) atoms. The SMILES string of the molecule is CC(C)(C)CC1CNC(c2ccc(Cl)cc2Cl)C1(C#N)c1ccc(Cl)cc1F. The Morgan fingerprint density at radius 3 is 2.36 bits per heavy atom. The number of hydrogen-bond acceptors (Lipinski definition) is 2. The van der Waals surface area contributed by atoms with E-state index in [2.05, 4.69) is 32.2 Å². The molecule has 1 N–H and O–H groups in total. The molecule has 2 aromatic carbocycles. The predicted octanol–water partition coefficient (Wildman–Crippen LogP) is 6.94. The summed E-state index contributed by atoms with van der Waals surface area (Å²) in [6.07, 6.45) is 0.747. The van der Waals surface area contributed by atoms with Crippen LogP contribution in [0.1, 0.15) is 44.4 Å². The van der Waals surface area contributed by atoms with Gasteiger partial charge in [0.1, 0.15) is 11.2 Å². The van der Waals surface area contributed by atoms with Gasteiger partial charge in [0.2, 0.25) is 0 Å². The maximum Gasteiger partial charge on any atom is 0.129 e.